The van der Waals surface area contributed by atoms with Gasteiger partial charge in [0.15, 0.2) is 6.29 Å². The fourth-order valence-electron chi connectivity index (χ4n) is 2.53. The summed E-state index contributed by atoms with van der Waals surface area (Å²) in [5, 5.41) is 9.32. The number of hydrogen-bond donors (Lipinski definition) is 3. The second-order valence-corrected chi connectivity index (χ2v) is 5.50. The van der Waals surface area contributed by atoms with E-state index in [0.717, 1.165) is 11.3 Å². The summed E-state index contributed by atoms with van der Waals surface area (Å²) in [7, 11) is 0. The molecule has 0 spiro atoms. The highest BCUT2D eigenvalue weighted by atomic mass is 19.1. The summed E-state index contributed by atoms with van der Waals surface area (Å²) in [5.41, 5.74) is 2.66. The summed E-state index contributed by atoms with van der Waals surface area (Å²) in [5.74, 6) is -0.329. The number of rotatable bonds is 3. The zero-order valence-electron chi connectivity index (χ0n) is 12.8. The first-order chi connectivity index (χ1) is 11.1. The maximum atomic E-state index is 12.9. The van der Waals surface area contributed by atoms with E-state index in [4.69, 9.17) is 0 Å². The number of amides is 2. The first-order valence-electron chi connectivity index (χ1n) is 7.51. The molecule has 2 amide bonds. The second-order valence-electron chi connectivity index (χ2n) is 5.50. The number of halogens is 1. The molecule has 120 valence electrons. The predicted octanol–water partition coefficient (Wildman–Crippen LogP) is 2.97. The summed E-state index contributed by atoms with van der Waals surface area (Å²) >= 11 is 0. The van der Waals surface area contributed by atoms with E-state index in [-0.39, 0.29) is 18.1 Å². The first kappa shape index (κ1) is 15.3. The molecule has 0 radical (unpaired) electrons. The second kappa shape index (κ2) is 6.66. The minimum absolute atomic E-state index is 0.230. The minimum atomic E-state index is -0.329. The molecule has 1 atom stereocenters. The van der Waals surface area contributed by atoms with Crippen LogP contribution in [-0.2, 0) is 0 Å². The number of urea groups is 1. The Labute approximate surface area is 134 Å². The quantitative estimate of drug-likeness (QED) is 0.816. The highest BCUT2D eigenvalue weighted by molar-refractivity contribution is 5.89. The smallest absolute Gasteiger partial charge is 0.324 e. The molecule has 23 heavy (non-hydrogen) atoms. The zero-order chi connectivity index (χ0) is 16.2. The van der Waals surface area contributed by atoms with Crippen molar-refractivity contribution in [2.45, 2.75) is 13.2 Å². The SMILES string of the molecule is Cc1cccc(NC2NCCN2C(=O)Nc2ccc(F)cc2)c1. The molecule has 0 aromatic heterocycles. The molecule has 0 bridgehead atoms. The standard InChI is InChI=1S/C17H19FN4O/c1-12-3-2-4-15(11-12)20-16-19-9-10-22(16)17(23)21-14-7-5-13(18)6-8-14/h2-8,11,16,19-20H,9-10H2,1H3,(H,21,23). The maximum Gasteiger partial charge on any atom is 0.324 e. The van der Waals surface area contributed by atoms with Crippen LogP contribution >= 0.6 is 0 Å². The Kier molecular flexibility index (Phi) is 4.43. The number of aryl methyl sites for hydroxylation is 1. The van der Waals surface area contributed by atoms with E-state index in [1.54, 1.807) is 17.0 Å². The molecule has 2 aromatic rings. The Bertz CT molecular complexity index is 689. The van der Waals surface area contributed by atoms with Gasteiger partial charge in [0.1, 0.15) is 5.82 Å². The highest BCUT2D eigenvalue weighted by Gasteiger charge is 2.28. The fourth-order valence-corrected chi connectivity index (χ4v) is 2.53. The predicted molar refractivity (Wildman–Crippen MR) is 88.7 cm³/mol. The van der Waals surface area contributed by atoms with Crippen LogP contribution in [0.15, 0.2) is 48.5 Å². The van der Waals surface area contributed by atoms with Crippen LogP contribution < -0.4 is 16.0 Å². The van der Waals surface area contributed by atoms with Crippen LogP contribution in [0, 0.1) is 12.7 Å². The molecule has 1 saturated heterocycles. The van der Waals surface area contributed by atoms with Gasteiger partial charge in [-0.2, -0.15) is 0 Å². The number of hydrogen-bond acceptors (Lipinski definition) is 3. The number of carbonyl (C=O) groups is 1. The van der Waals surface area contributed by atoms with Crippen LogP contribution in [0.1, 0.15) is 5.56 Å². The third-order valence-electron chi connectivity index (χ3n) is 3.68. The Balaban J connectivity index is 1.66. The lowest BCUT2D eigenvalue weighted by molar-refractivity contribution is 0.209. The van der Waals surface area contributed by atoms with Crippen LogP contribution in [-0.4, -0.2) is 30.3 Å². The summed E-state index contributed by atoms with van der Waals surface area (Å²) in [6, 6.07) is 13.5. The van der Waals surface area contributed by atoms with Crippen LogP contribution in [0.4, 0.5) is 20.6 Å². The normalized spacial score (nSPS) is 17.1. The molecule has 1 aliphatic rings. The Hall–Kier alpha value is -2.60. The lowest BCUT2D eigenvalue weighted by Crippen LogP contribution is -2.47. The highest BCUT2D eigenvalue weighted by Crippen LogP contribution is 2.15. The lowest BCUT2D eigenvalue weighted by atomic mass is 10.2. The third-order valence-corrected chi connectivity index (χ3v) is 3.68. The molecule has 0 aliphatic carbocycles. The largest absolute Gasteiger partial charge is 0.353 e. The van der Waals surface area contributed by atoms with Crippen LogP contribution in [0.2, 0.25) is 0 Å². The molecule has 2 aromatic carbocycles. The maximum absolute atomic E-state index is 12.9. The molecule has 0 saturated carbocycles. The molecule has 1 unspecified atom stereocenters. The van der Waals surface area contributed by atoms with Crippen molar-refractivity contribution in [1.29, 1.82) is 0 Å². The third kappa shape index (κ3) is 3.78. The number of benzene rings is 2. The Morgan fingerprint density at radius 3 is 2.74 bits per heavy atom. The summed E-state index contributed by atoms with van der Waals surface area (Å²) in [4.78, 5) is 14.1. The van der Waals surface area contributed by atoms with Gasteiger partial charge in [0.25, 0.3) is 0 Å². The fraction of sp³-hybridized carbons (Fsp3) is 0.235. The minimum Gasteiger partial charge on any atom is -0.353 e. The van der Waals surface area contributed by atoms with Gasteiger partial charge in [0, 0.05) is 24.5 Å². The summed E-state index contributed by atoms with van der Waals surface area (Å²) in [6.45, 7) is 3.32. The molecule has 1 aliphatic heterocycles. The lowest BCUT2D eigenvalue weighted by Gasteiger charge is -2.26. The van der Waals surface area contributed by atoms with Crippen molar-refractivity contribution < 1.29 is 9.18 Å². The first-order valence-corrected chi connectivity index (χ1v) is 7.51. The van der Waals surface area contributed by atoms with Crippen molar-refractivity contribution in [3.8, 4) is 0 Å². The van der Waals surface area contributed by atoms with Crippen molar-refractivity contribution in [3.05, 3.63) is 59.9 Å². The van der Waals surface area contributed by atoms with Crippen LogP contribution in [0.5, 0.6) is 0 Å². The van der Waals surface area contributed by atoms with Crippen LogP contribution in [0.25, 0.3) is 0 Å². The van der Waals surface area contributed by atoms with E-state index in [1.807, 2.05) is 31.2 Å². The average Bonchev–Trinajstić information content (AvgIpc) is 2.98. The van der Waals surface area contributed by atoms with Gasteiger partial charge in [0.2, 0.25) is 0 Å². The summed E-state index contributed by atoms with van der Waals surface area (Å²) in [6.07, 6.45) is -0.280. The molecule has 1 heterocycles. The Morgan fingerprint density at radius 2 is 2.00 bits per heavy atom. The Morgan fingerprint density at radius 1 is 1.22 bits per heavy atom. The zero-order valence-corrected chi connectivity index (χ0v) is 12.8. The van der Waals surface area contributed by atoms with Gasteiger partial charge in [-0.3, -0.25) is 10.2 Å². The molecule has 3 rings (SSSR count). The van der Waals surface area contributed by atoms with Gasteiger partial charge in [-0.25, -0.2) is 9.18 Å². The van der Waals surface area contributed by atoms with Gasteiger partial charge in [-0.15, -0.1) is 0 Å². The van der Waals surface area contributed by atoms with E-state index in [9.17, 15) is 9.18 Å². The van der Waals surface area contributed by atoms with E-state index in [0.29, 0.717) is 18.8 Å². The van der Waals surface area contributed by atoms with Gasteiger partial charge in [-0.05, 0) is 48.9 Å². The van der Waals surface area contributed by atoms with Crippen molar-refractivity contribution in [1.82, 2.24) is 10.2 Å². The van der Waals surface area contributed by atoms with Crippen LogP contribution in [0.3, 0.4) is 0 Å². The molecule has 1 fully saturated rings. The van der Waals surface area contributed by atoms with Crippen molar-refractivity contribution in [2.24, 2.45) is 0 Å². The van der Waals surface area contributed by atoms with Gasteiger partial charge >= 0.3 is 6.03 Å². The van der Waals surface area contributed by atoms with Crippen molar-refractivity contribution in [2.75, 3.05) is 23.7 Å². The number of nitrogens with one attached hydrogen (secondary N) is 3. The molecule has 3 N–H and O–H groups in total. The topological polar surface area (TPSA) is 56.4 Å². The van der Waals surface area contributed by atoms with Crippen molar-refractivity contribution >= 4 is 17.4 Å². The van der Waals surface area contributed by atoms with E-state index < -0.39 is 0 Å². The van der Waals surface area contributed by atoms with Crippen molar-refractivity contribution in [3.63, 3.8) is 0 Å². The van der Waals surface area contributed by atoms with Gasteiger partial charge in [0.05, 0.1) is 0 Å². The summed E-state index contributed by atoms with van der Waals surface area (Å²) < 4.78 is 12.9. The molecule has 6 heteroatoms. The van der Waals surface area contributed by atoms with Gasteiger partial charge < -0.3 is 10.6 Å². The monoisotopic (exact) mass is 314 g/mol. The average molecular weight is 314 g/mol. The number of carbonyl (C=O) groups excluding carboxylic acids is 1. The van der Waals surface area contributed by atoms with E-state index >= 15 is 0 Å². The number of anilines is 2. The van der Waals surface area contributed by atoms with E-state index in [1.165, 1.54) is 12.1 Å². The van der Waals surface area contributed by atoms with Gasteiger partial charge in [-0.1, -0.05) is 12.1 Å². The molecular formula is C17H19FN4O. The number of nitrogens with zero attached hydrogens (tertiary/aromatic N) is 1. The molecular weight excluding hydrogens is 295 g/mol. The van der Waals surface area contributed by atoms with E-state index in [2.05, 4.69) is 16.0 Å². The molecule has 5 nitrogen and oxygen atoms in total.